The summed E-state index contributed by atoms with van der Waals surface area (Å²) in [6.45, 7) is 4.98. The van der Waals surface area contributed by atoms with Crippen LogP contribution in [-0.4, -0.2) is 31.3 Å². The van der Waals surface area contributed by atoms with Crippen LogP contribution in [0.2, 0.25) is 0 Å². The Kier molecular flexibility index (Phi) is 3.71. The maximum absolute atomic E-state index is 5.41. The van der Waals surface area contributed by atoms with Crippen LogP contribution in [0.15, 0.2) is 12.7 Å². The molecule has 0 fully saturated rings. The zero-order chi connectivity index (χ0) is 13.0. The van der Waals surface area contributed by atoms with Crippen LogP contribution in [0.4, 0.5) is 5.82 Å². The van der Waals surface area contributed by atoms with Gasteiger partial charge in [0.15, 0.2) is 5.82 Å². The van der Waals surface area contributed by atoms with Gasteiger partial charge in [0.25, 0.3) is 0 Å². The molecule has 0 unspecified atom stereocenters. The van der Waals surface area contributed by atoms with Gasteiger partial charge < -0.3 is 14.6 Å². The van der Waals surface area contributed by atoms with Crippen molar-refractivity contribution in [1.29, 1.82) is 0 Å². The number of rotatable bonds is 5. The summed E-state index contributed by atoms with van der Waals surface area (Å²) >= 11 is 0. The van der Waals surface area contributed by atoms with Crippen LogP contribution < -0.4 is 10.1 Å². The summed E-state index contributed by atoms with van der Waals surface area (Å²) in [6, 6.07) is 0. The van der Waals surface area contributed by atoms with Crippen LogP contribution in [-0.2, 0) is 13.6 Å². The fourth-order valence-corrected chi connectivity index (χ4v) is 1.52. The van der Waals surface area contributed by atoms with Crippen molar-refractivity contribution < 1.29 is 4.74 Å². The molecule has 0 amide bonds. The molecule has 7 nitrogen and oxygen atoms in total. The summed E-state index contributed by atoms with van der Waals surface area (Å²) in [5, 5.41) is 11.0. The fourth-order valence-electron chi connectivity index (χ4n) is 1.52. The van der Waals surface area contributed by atoms with E-state index in [-0.39, 0.29) is 0 Å². The van der Waals surface area contributed by atoms with Crippen LogP contribution in [0.1, 0.15) is 18.3 Å². The maximum atomic E-state index is 5.41. The second-order valence-electron chi connectivity index (χ2n) is 3.80. The summed E-state index contributed by atoms with van der Waals surface area (Å²) in [5.74, 6) is 2.19. The minimum absolute atomic E-state index is 0.555. The van der Waals surface area contributed by atoms with Crippen molar-refractivity contribution in [3.05, 3.63) is 24.0 Å². The molecular weight excluding hydrogens is 232 g/mol. The van der Waals surface area contributed by atoms with Crippen molar-refractivity contribution in [3.63, 3.8) is 0 Å². The lowest BCUT2D eigenvalue weighted by atomic mass is 10.3. The van der Waals surface area contributed by atoms with Crippen molar-refractivity contribution in [2.75, 3.05) is 11.9 Å². The molecule has 0 saturated heterocycles. The molecule has 2 heterocycles. The molecule has 0 aliphatic heterocycles. The molecule has 18 heavy (non-hydrogen) atoms. The first kappa shape index (κ1) is 12.3. The Morgan fingerprint density at radius 2 is 2.22 bits per heavy atom. The topological polar surface area (TPSA) is 77.8 Å². The molecule has 0 aromatic carbocycles. The Hall–Kier alpha value is -2.18. The van der Waals surface area contributed by atoms with E-state index >= 15 is 0 Å². The Morgan fingerprint density at radius 1 is 1.39 bits per heavy atom. The van der Waals surface area contributed by atoms with Gasteiger partial charge in [-0.3, -0.25) is 0 Å². The predicted molar refractivity (Wildman–Crippen MR) is 66.3 cm³/mol. The normalized spacial score (nSPS) is 10.4. The van der Waals surface area contributed by atoms with Gasteiger partial charge in [-0.1, -0.05) is 0 Å². The maximum Gasteiger partial charge on any atom is 0.221 e. The number of nitrogens with one attached hydrogen (secondary N) is 1. The van der Waals surface area contributed by atoms with Gasteiger partial charge >= 0.3 is 0 Å². The standard InChI is InChI=1S/C11H16N6O/c1-4-18-11-8(2)10(13-6-14-11)12-5-9-16-15-7-17(9)3/h6-7H,4-5H2,1-3H3,(H,12,13,14). The zero-order valence-electron chi connectivity index (χ0n) is 10.7. The van der Waals surface area contributed by atoms with E-state index in [1.807, 2.05) is 25.5 Å². The first-order valence-electron chi connectivity index (χ1n) is 5.73. The van der Waals surface area contributed by atoms with Crippen LogP contribution in [0, 0.1) is 6.92 Å². The number of anilines is 1. The lowest BCUT2D eigenvalue weighted by Gasteiger charge is -2.10. The molecule has 0 atom stereocenters. The highest BCUT2D eigenvalue weighted by Crippen LogP contribution is 2.20. The van der Waals surface area contributed by atoms with E-state index in [4.69, 9.17) is 4.74 Å². The summed E-state index contributed by atoms with van der Waals surface area (Å²) in [7, 11) is 1.90. The van der Waals surface area contributed by atoms with Gasteiger partial charge in [0.1, 0.15) is 18.5 Å². The zero-order valence-corrected chi connectivity index (χ0v) is 10.7. The molecule has 96 valence electrons. The first-order chi connectivity index (χ1) is 8.72. The average Bonchev–Trinajstić information content (AvgIpc) is 2.76. The van der Waals surface area contributed by atoms with Gasteiger partial charge in [-0.25, -0.2) is 9.97 Å². The largest absolute Gasteiger partial charge is 0.478 e. The molecule has 0 bridgehead atoms. The van der Waals surface area contributed by atoms with Gasteiger partial charge in [0.05, 0.1) is 18.7 Å². The van der Waals surface area contributed by atoms with Gasteiger partial charge in [-0.05, 0) is 13.8 Å². The van der Waals surface area contributed by atoms with E-state index in [9.17, 15) is 0 Å². The van der Waals surface area contributed by atoms with Gasteiger partial charge in [0.2, 0.25) is 5.88 Å². The Balaban J connectivity index is 2.10. The number of hydrogen-bond acceptors (Lipinski definition) is 6. The summed E-state index contributed by atoms with van der Waals surface area (Å²) in [5.41, 5.74) is 0.890. The van der Waals surface area contributed by atoms with Crippen LogP contribution in [0.3, 0.4) is 0 Å². The quantitative estimate of drug-likeness (QED) is 0.848. The minimum Gasteiger partial charge on any atom is -0.478 e. The van der Waals surface area contributed by atoms with Crippen LogP contribution >= 0.6 is 0 Å². The van der Waals surface area contributed by atoms with Crippen molar-refractivity contribution in [3.8, 4) is 5.88 Å². The molecule has 2 aromatic rings. The van der Waals surface area contributed by atoms with E-state index in [1.54, 1.807) is 6.33 Å². The monoisotopic (exact) mass is 248 g/mol. The number of ether oxygens (including phenoxy) is 1. The van der Waals surface area contributed by atoms with E-state index in [0.717, 1.165) is 17.2 Å². The number of nitrogens with zero attached hydrogens (tertiary/aromatic N) is 5. The molecular formula is C11H16N6O. The molecule has 0 spiro atoms. The van der Waals surface area contributed by atoms with Crippen molar-refractivity contribution in [2.24, 2.45) is 7.05 Å². The van der Waals surface area contributed by atoms with Crippen LogP contribution in [0.5, 0.6) is 5.88 Å². The highest BCUT2D eigenvalue weighted by molar-refractivity contribution is 5.47. The van der Waals surface area contributed by atoms with Crippen molar-refractivity contribution in [2.45, 2.75) is 20.4 Å². The highest BCUT2D eigenvalue weighted by Gasteiger charge is 2.08. The number of hydrogen-bond donors (Lipinski definition) is 1. The molecule has 1 N–H and O–H groups in total. The smallest absolute Gasteiger partial charge is 0.221 e. The molecule has 2 rings (SSSR count). The van der Waals surface area contributed by atoms with Crippen molar-refractivity contribution >= 4 is 5.82 Å². The van der Waals surface area contributed by atoms with Gasteiger partial charge in [-0.15, -0.1) is 10.2 Å². The highest BCUT2D eigenvalue weighted by atomic mass is 16.5. The van der Waals surface area contributed by atoms with E-state index in [1.165, 1.54) is 6.33 Å². The minimum atomic E-state index is 0.555. The Labute approximate surface area is 105 Å². The Bertz CT molecular complexity index is 524. The fraction of sp³-hybridized carbons (Fsp3) is 0.455. The van der Waals surface area contributed by atoms with Gasteiger partial charge in [0, 0.05) is 7.05 Å². The summed E-state index contributed by atoms with van der Waals surface area (Å²) in [4.78, 5) is 8.28. The second kappa shape index (κ2) is 5.44. The van der Waals surface area contributed by atoms with Crippen molar-refractivity contribution in [1.82, 2.24) is 24.7 Å². The first-order valence-corrected chi connectivity index (χ1v) is 5.73. The van der Waals surface area contributed by atoms with Crippen LogP contribution in [0.25, 0.3) is 0 Å². The molecule has 0 saturated carbocycles. The second-order valence-corrected chi connectivity index (χ2v) is 3.80. The molecule has 0 aliphatic rings. The molecule has 0 aliphatic carbocycles. The third kappa shape index (κ3) is 2.55. The Morgan fingerprint density at radius 3 is 2.89 bits per heavy atom. The number of aryl methyl sites for hydroxylation is 1. The molecule has 7 heteroatoms. The average molecular weight is 248 g/mol. The summed E-state index contributed by atoms with van der Waals surface area (Å²) < 4.78 is 7.27. The van der Waals surface area contributed by atoms with E-state index in [0.29, 0.717) is 19.0 Å². The van der Waals surface area contributed by atoms with E-state index < -0.39 is 0 Å². The van der Waals surface area contributed by atoms with E-state index in [2.05, 4.69) is 25.5 Å². The number of aromatic nitrogens is 5. The predicted octanol–water partition coefficient (Wildman–Crippen LogP) is 0.924. The molecule has 0 radical (unpaired) electrons. The molecule has 2 aromatic heterocycles. The third-order valence-electron chi connectivity index (χ3n) is 2.54. The summed E-state index contributed by atoms with van der Waals surface area (Å²) in [6.07, 6.45) is 3.15. The lowest BCUT2D eigenvalue weighted by molar-refractivity contribution is 0.324. The lowest BCUT2D eigenvalue weighted by Crippen LogP contribution is -2.09. The third-order valence-corrected chi connectivity index (χ3v) is 2.54. The van der Waals surface area contributed by atoms with Gasteiger partial charge in [-0.2, -0.15) is 0 Å². The SMILES string of the molecule is CCOc1ncnc(NCc2nncn2C)c1C.